The Bertz CT molecular complexity index is 753. The Morgan fingerprint density at radius 2 is 2.05 bits per heavy atom. The third-order valence-electron chi connectivity index (χ3n) is 3.28. The van der Waals surface area contributed by atoms with Gasteiger partial charge in [0.2, 0.25) is 0 Å². The molecule has 1 aliphatic rings. The van der Waals surface area contributed by atoms with Gasteiger partial charge in [0.15, 0.2) is 0 Å². The molecule has 2 aromatic carbocycles. The first kappa shape index (κ1) is 13.2. The summed E-state index contributed by atoms with van der Waals surface area (Å²) in [5.74, 6) is -0.271. The van der Waals surface area contributed by atoms with Gasteiger partial charge in [-0.15, -0.1) is 4.91 Å². The Morgan fingerprint density at radius 3 is 2.86 bits per heavy atom. The molecular formula is C16H12FN3O. The van der Waals surface area contributed by atoms with Crippen molar-refractivity contribution in [1.82, 2.24) is 0 Å². The highest BCUT2D eigenvalue weighted by Gasteiger charge is 2.14. The molecule has 0 aliphatic carbocycles. The lowest BCUT2D eigenvalue weighted by Crippen LogP contribution is -2.08. The van der Waals surface area contributed by atoms with Gasteiger partial charge in [0.25, 0.3) is 0 Å². The van der Waals surface area contributed by atoms with Crippen molar-refractivity contribution in [2.24, 2.45) is 10.2 Å². The predicted molar refractivity (Wildman–Crippen MR) is 81.3 cm³/mol. The van der Waals surface area contributed by atoms with E-state index in [1.807, 2.05) is 0 Å². The molecule has 4 nitrogen and oxygen atoms in total. The Labute approximate surface area is 121 Å². The van der Waals surface area contributed by atoms with E-state index in [1.165, 1.54) is 6.07 Å². The van der Waals surface area contributed by atoms with E-state index >= 15 is 0 Å². The van der Waals surface area contributed by atoms with Gasteiger partial charge in [-0.1, -0.05) is 18.2 Å². The third kappa shape index (κ3) is 2.72. The van der Waals surface area contributed by atoms with Crippen molar-refractivity contribution in [2.45, 2.75) is 6.42 Å². The first-order valence-electron chi connectivity index (χ1n) is 6.47. The molecule has 0 atom stereocenters. The highest BCUT2D eigenvalue weighted by molar-refractivity contribution is 6.07. The molecule has 0 fully saturated rings. The molecule has 1 aliphatic heterocycles. The lowest BCUT2D eigenvalue weighted by Gasteiger charge is -2.11. The minimum Gasteiger partial charge on any atom is -0.360 e. The quantitative estimate of drug-likeness (QED) is 0.859. The van der Waals surface area contributed by atoms with Gasteiger partial charge in [-0.2, -0.15) is 0 Å². The summed E-state index contributed by atoms with van der Waals surface area (Å²) < 4.78 is 13.8. The zero-order valence-electron chi connectivity index (χ0n) is 11.1. The summed E-state index contributed by atoms with van der Waals surface area (Å²) in [5.41, 5.74) is 3.12. The van der Waals surface area contributed by atoms with Crippen molar-refractivity contribution in [3.05, 3.63) is 76.7 Å². The normalized spacial score (nSPS) is 12.9. The van der Waals surface area contributed by atoms with Gasteiger partial charge in [0, 0.05) is 30.1 Å². The average molecular weight is 281 g/mol. The van der Waals surface area contributed by atoms with E-state index in [-0.39, 0.29) is 5.82 Å². The standard InChI is InChI=1S/C16H12FN3O/c17-14-4-2-1-3-11(14)9-16-13-10-12(20-21)5-6-15(13)18-7-8-19-16/h1-8,10,18H,9H2. The van der Waals surface area contributed by atoms with Gasteiger partial charge in [0.05, 0.1) is 5.71 Å². The van der Waals surface area contributed by atoms with Crippen LogP contribution in [0, 0.1) is 10.7 Å². The first-order chi connectivity index (χ1) is 10.3. The molecule has 0 unspecified atom stereocenters. The van der Waals surface area contributed by atoms with Crippen molar-refractivity contribution >= 4 is 17.1 Å². The molecule has 0 bridgehead atoms. The van der Waals surface area contributed by atoms with Crippen LogP contribution in [0.1, 0.15) is 11.1 Å². The topological polar surface area (TPSA) is 53.8 Å². The molecule has 0 radical (unpaired) electrons. The van der Waals surface area contributed by atoms with E-state index in [0.717, 1.165) is 11.3 Å². The van der Waals surface area contributed by atoms with Crippen LogP contribution in [0.4, 0.5) is 15.8 Å². The van der Waals surface area contributed by atoms with Gasteiger partial charge in [-0.25, -0.2) is 4.39 Å². The second kappa shape index (κ2) is 5.66. The maximum Gasteiger partial charge on any atom is 0.126 e. The highest BCUT2D eigenvalue weighted by atomic mass is 19.1. The number of nitrogens with zero attached hydrogens (tertiary/aromatic N) is 2. The molecule has 0 spiro atoms. The molecule has 0 saturated carbocycles. The number of benzene rings is 2. The maximum absolute atomic E-state index is 13.8. The number of aliphatic imine (C=N–C) groups is 1. The summed E-state index contributed by atoms with van der Waals surface area (Å²) >= 11 is 0. The van der Waals surface area contributed by atoms with Gasteiger partial charge in [-0.3, -0.25) is 4.99 Å². The zero-order valence-corrected chi connectivity index (χ0v) is 11.1. The molecule has 0 amide bonds. The van der Waals surface area contributed by atoms with E-state index in [9.17, 15) is 9.30 Å². The van der Waals surface area contributed by atoms with Gasteiger partial charge in [-0.05, 0) is 35.0 Å². The number of halogens is 1. The second-order valence-electron chi connectivity index (χ2n) is 4.63. The fraction of sp³-hybridized carbons (Fsp3) is 0.0625. The Morgan fingerprint density at radius 1 is 1.19 bits per heavy atom. The summed E-state index contributed by atoms with van der Waals surface area (Å²) in [4.78, 5) is 15.1. The second-order valence-corrected chi connectivity index (χ2v) is 4.63. The highest BCUT2D eigenvalue weighted by Crippen LogP contribution is 2.26. The van der Waals surface area contributed by atoms with Crippen molar-refractivity contribution in [3.8, 4) is 0 Å². The summed E-state index contributed by atoms with van der Waals surface area (Å²) in [7, 11) is 0. The Kier molecular flexibility index (Phi) is 3.55. The van der Waals surface area contributed by atoms with E-state index in [2.05, 4.69) is 15.5 Å². The third-order valence-corrected chi connectivity index (χ3v) is 3.28. The minimum atomic E-state index is -0.271. The van der Waals surface area contributed by atoms with Crippen molar-refractivity contribution in [3.63, 3.8) is 0 Å². The zero-order chi connectivity index (χ0) is 14.7. The molecule has 104 valence electrons. The lowest BCUT2D eigenvalue weighted by molar-refractivity contribution is 0.616. The van der Waals surface area contributed by atoms with Crippen LogP contribution in [-0.2, 0) is 6.42 Å². The fourth-order valence-corrected chi connectivity index (χ4v) is 2.24. The van der Waals surface area contributed by atoms with Crippen LogP contribution in [0.3, 0.4) is 0 Å². The molecule has 0 saturated heterocycles. The largest absolute Gasteiger partial charge is 0.360 e. The van der Waals surface area contributed by atoms with Gasteiger partial charge in [0.1, 0.15) is 11.5 Å². The van der Waals surface area contributed by atoms with E-state index < -0.39 is 0 Å². The molecule has 2 aromatic rings. The number of fused-ring (bicyclic) bond motifs is 1. The molecule has 3 rings (SSSR count). The number of anilines is 1. The summed E-state index contributed by atoms with van der Waals surface area (Å²) in [6.07, 6.45) is 3.65. The van der Waals surface area contributed by atoms with E-state index in [4.69, 9.17) is 0 Å². The van der Waals surface area contributed by atoms with Crippen molar-refractivity contribution < 1.29 is 4.39 Å². The molecular weight excluding hydrogens is 269 g/mol. The number of rotatable bonds is 3. The summed E-state index contributed by atoms with van der Waals surface area (Å²) in [5, 5.41) is 6.02. The Hall–Kier alpha value is -2.82. The number of nitroso groups, excluding NO2 is 1. The van der Waals surface area contributed by atoms with Gasteiger partial charge >= 0.3 is 0 Å². The molecule has 1 heterocycles. The van der Waals surface area contributed by atoms with E-state index in [1.54, 1.807) is 48.8 Å². The Balaban J connectivity index is 2.03. The van der Waals surface area contributed by atoms with E-state index in [0.29, 0.717) is 23.4 Å². The van der Waals surface area contributed by atoms with Crippen LogP contribution in [0.2, 0.25) is 0 Å². The number of nitrogens with one attached hydrogen (secondary N) is 1. The predicted octanol–water partition coefficient (Wildman–Crippen LogP) is 4.15. The minimum absolute atomic E-state index is 0.271. The fourth-order valence-electron chi connectivity index (χ4n) is 2.24. The first-order valence-corrected chi connectivity index (χ1v) is 6.47. The SMILES string of the molecule is O=Nc1ccc2c(c1)C(Cc1ccccc1F)=NC=CN2. The van der Waals surface area contributed by atoms with Crippen LogP contribution in [0.25, 0.3) is 0 Å². The summed E-state index contributed by atoms with van der Waals surface area (Å²) in [6, 6.07) is 11.6. The molecule has 0 aromatic heterocycles. The monoisotopic (exact) mass is 281 g/mol. The van der Waals surface area contributed by atoms with Crippen LogP contribution < -0.4 is 5.32 Å². The molecule has 5 heteroatoms. The van der Waals surface area contributed by atoms with Crippen LogP contribution in [-0.4, -0.2) is 5.71 Å². The summed E-state index contributed by atoms with van der Waals surface area (Å²) in [6.45, 7) is 0. The van der Waals surface area contributed by atoms with Crippen LogP contribution in [0.5, 0.6) is 0 Å². The number of hydrogen-bond acceptors (Lipinski definition) is 4. The lowest BCUT2D eigenvalue weighted by atomic mass is 9.99. The molecule has 21 heavy (non-hydrogen) atoms. The van der Waals surface area contributed by atoms with Crippen LogP contribution >= 0.6 is 0 Å². The maximum atomic E-state index is 13.8. The smallest absolute Gasteiger partial charge is 0.126 e. The average Bonchev–Trinajstić information content (AvgIpc) is 2.71. The molecule has 1 N–H and O–H groups in total. The number of hydrogen-bond donors (Lipinski definition) is 1. The van der Waals surface area contributed by atoms with Crippen LogP contribution in [0.15, 0.2) is 65.0 Å². The van der Waals surface area contributed by atoms with Crippen molar-refractivity contribution in [2.75, 3.05) is 5.32 Å². The van der Waals surface area contributed by atoms with Gasteiger partial charge < -0.3 is 5.32 Å². The van der Waals surface area contributed by atoms with Crippen molar-refractivity contribution in [1.29, 1.82) is 0 Å².